The predicted octanol–water partition coefficient (Wildman–Crippen LogP) is 2.31. The fourth-order valence-electron chi connectivity index (χ4n) is 1.79. The van der Waals surface area contributed by atoms with Gasteiger partial charge in [-0.25, -0.2) is 5.43 Å². The number of benzene rings is 1. The molecule has 5 nitrogen and oxygen atoms in total. The molecule has 0 saturated heterocycles. The average molecular weight is 270 g/mol. The fraction of sp³-hybridized carbons (Fsp3) is 0.267. The molecule has 0 unspecified atom stereocenters. The van der Waals surface area contributed by atoms with Gasteiger partial charge in [0.05, 0.1) is 6.21 Å². The van der Waals surface area contributed by atoms with E-state index in [4.69, 9.17) is 0 Å². The third kappa shape index (κ3) is 3.32. The summed E-state index contributed by atoms with van der Waals surface area (Å²) in [5, 5.41) is 7.88. The zero-order valence-electron chi connectivity index (χ0n) is 11.9. The number of carbonyl (C=O) groups is 1. The normalized spacial score (nSPS) is 11.2. The van der Waals surface area contributed by atoms with Crippen LogP contribution in [0.4, 0.5) is 0 Å². The molecule has 1 aromatic carbocycles. The maximum absolute atomic E-state index is 11.8. The largest absolute Gasteiger partial charge is 0.289 e. The standard InChI is InChI=1S/C15H18N4O/c1-11(2)13-6-4-12(5-7-13)10-16-18-15(20)14-8-9-17-19(14)3/h4-11H,1-3H3,(H,18,20). The first kappa shape index (κ1) is 14.0. The quantitative estimate of drug-likeness (QED) is 0.684. The molecule has 1 heterocycles. The Kier molecular flexibility index (Phi) is 4.30. The van der Waals surface area contributed by atoms with E-state index in [-0.39, 0.29) is 5.91 Å². The number of carbonyl (C=O) groups excluding carboxylic acids is 1. The fourth-order valence-corrected chi connectivity index (χ4v) is 1.79. The van der Waals surface area contributed by atoms with Gasteiger partial charge in [0, 0.05) is 13.2 Å². The first-order valence-electron chi connectivity index (χ1n) is 6.49. The van der Waals surface area contributed by atoms with Gasteiger partial charge in [0.2, 0.25) is 0 Å². The van der Waals surface area contributed by atoms with E-state index in [1.54, 1.807) is 25.5 Å². The van der Waals surface area contributed by atoms with Gasteiger partial charge in [-0.05, 0) is 23.1 Å². The van der Waals surface area contributed by atoms with Gasteiger partial charge in [-0.3, -0.25) is 9.48 Å². The van der Waals surface area contributed by atoms with E-state index >= 15 is 0 Å². The van der Waals surface area contributed by atoms with Crippen molar-refractivity contribution in [1.29, 1.82) is 0 Å². The monoisotopic (exact) mass is 270 g/mol. The van der Waals surface area contributed by atoms with E-state index in [2.05, 4.69) is 41.6 Å². The van der Waals surface area contributed by atoms with Gasteiger partial charge >= 0.3 is 0 Å². The Morgan fingerprint density at radius 2 is 2.00 bits per heavy atom. The molecular weight excluding hydrogens is 252 g/mol. The van der Waals surface area contributed by atoms with Gasteiger partial charge in [0.25, 0.3) is 5.91 Å². The van der Waals surface area contributed by atoms with Crippen LogP contribution >= 0.6 is 0 Å². The predicted molar refractivity (Wildman–Crippen MR) is 78.8 cm³/mol. The molecule has 0 saturated carbocycles. The van der Waals surface area contributed by atoms with E-state index in [1.165, 1.54) is 10.2 Å². The number of hydrazone groups is 1. The van der Waals surface area contributed by atoms with Crippen molar-refractivity contribution in [3.05, 3.63) is 53.3 Å². The van der Waals surface area contributed by atoms with Gasteiger partial charge in [-0.15, -0.1) is 0 Å². The lowest BCUT2D eigenvalue weighted by Gasteiger charge is -2.04. The Bertz CT molecular complexity index is 611. The first-order chi connectivity index (χ1) is 9.58. The molecule has 1 amide bonds. The van der Waals surface area contributed by atoms with Gasteiger partial charge in [-0.1, -0.05) is 38.1 Å². The van der Waals surface area contributed by atoms with Gasteiger partial charge in [0.15, 0.2) is 0 Å². The molecule has 0 radical (unpaired) electrons. The van der Waals surface area contributed by atoms with E-state index in [1.807, 2.05) is 12.1 Å². The van der Waals surface area contributed by atoms with Crippen LogP contribution in [0.3, 0.4) is 0 Å². The molecule has 104 valence electrons. The molecule has 0 aliphatic carbocycles. The molecule has 1 N–H and O–H groups in total. The summed E-state index contributed by atoms with van der Waals surface area (Å²) < 4.78 is 1.50. The van der Waals surface area contributed by atoms with Crippen molar-refractivity contribution in [2.75, 3.05) is 0 Å². The van der Waals surface area contributed by atoms with Crippen LogP contribution in [0.2, 0.25) is 0 Å². The molecule has 0 atom stereocenters. The second-order valence-electron chi connectivity index (χ2n) is 4.86. The summed E-state index contributed by atoms with van der Waals surface area (Å²) >= 11 is 0. The number of nitrogens with zero attached hydrogens (tertiary/aromatic N) is 3. The van der Waals surface area contributed by atoms with Crippen LogP contribution in [-0.2, 0) is 7.05 Å². The van der Waals surface area contributed by atoms with Crippen LogP contribution in [0.15, 0.2) is 41.6 Å². The molecule has 0 aliphatic rings. The molecule has 1 aromatic heterocycles. The zero-order valence-corrected chi connectivity index (χ0v) is 11.9. The van der Waals surface area contributed by atoms with Crippen LogP contribution in [-0.4, -0.2) is 21.9 Å². The highest BCUT2D eigenvalue weighted by Gasteiger charge is 2.07. The minimum Gasteiger partial charge on any atom is -0.266 e. The van der Waals surface area contributed by atoms with Crippen molar-refractivity contribution in [2.45, 2.75) is 19.8 Å². The molecule has 0 aliphatic heterocycles. The third-order valence-electron chi connectivity index (χ3n) is 3.04. The molecule has 0 bridgehead atoms. The Balaban J connectivity index is 1.96. The van der Waals surface area contributed by atoms with Crippen LogP contribution in [0, 0.1) is 0 Å². The van der Waals surface area contributed by atoms with Crippen molar-refractivity contribution < 1.29 is 4.79 Å². The van der Waals surface area contributed by atoms with Crippen LogP contribution < -0.4 is 5.43 Å². The zero-order chi connectivity index (χ0) is 14.5. The maximum Gasteiger partial charge on any atom is 0.289 e. The van der Waals surface area contributed by atoms with Gasteiger partial charge in [0.1, 0.15) is 5.69 Å². The van der Waals surface area contributed by atoms with E-state index in [9.17, 15) is 4.79 Å². The van der Waals surface area contributed by atoms with Crippen LogP contribution in [0.5, 0.6) is 0 Å². The lowest BCUT2D eigenvalue weighted by molar-refractivity contribution is 0.0945. The second-order valence-corrected chi connectivity index (χ2v) is 4.86. The minimum atomic E-state index is -0.278. The smallest absolute Gasteiger partial charge is 0.266 e. The number of hydrogen-bond donors (Lipinski definition) is 1. The van der Waals surface area contributed by atoms with E-state index in [0.29, 0.717) is 11.6 Å². The summed E-state index contributed by atoms with van der Waals surface area (Å²) in [5.74, 6) is 0.227. The molecule has 2 rings (SSSR count). The number of aryl methyl sites for hydroxylation is 1. The Morgan fingerprint density at radius 3 is 2.55 bits per heavy atom. The lowest BCUT2D eigenvalue weighted by Crippen LogP contribution is -2.20. The van der Waals surface area contributed by atoms with Crippen molar-refractivity contribution in [3.8, 4) is 0 Å². The van der Waals surface area contributed by atoms with E-state index in [0.717, 1.165) is 5.56 Å². The molecular formula is C15H18N4O. The highest BCUT2D eigenvalue weighted by atomic mass is 16.2. The first-order valence-corrected chi connectivity index (χ1v) is 6.49. The van der Waals surface area contributed by atoms with E-state index < -0.39 is 0 Å². The second kappa shape index (κ2) is 6.14. The average Bonchev–Trinajstić information content (AvgIpc) is 2.85. The van der Waals surface area contributed by atoms with Crippen molar-refractivity contribution in [3.63, 3.8) is 0 Å². The summed E-state index contributed by atoms with van der Waals surface area (Å²) in [5.41, 5.74) is 5.17. The molecule has 20 heavy (non-hydrogen) atoms. The summed E-state index contributed by atoms with van der Waals surface area (Å²) in [6.45, 7) is 4.30. The third-order valence-corrected chi connectivity index (χ3v) is 3.04. The van der Waals surface area contributed by atoms with Crippen molar-refractivity contribution in [1.82, 2.24) is 15.2 Å². The van der Waals surface area contributed by atoms with Crippen LogP contribution in [0.1, 0.15) is 41.4 Å². The topological polar surface area (TPSA) is 59.3 Å². The number of hydrogen-bond acceptors (Lipinski definition) is 3. The number of amides is 1. The lowest BCUT2D eigenvalue weighted by atomic mass is 10.0. The van der Waals surface area contributed by atoms with Crippen LogP contribution in [0.25, 0.3) is 0 Å². The van der Waals surface area contributed by atoms with Gasteiger partial charge < -0.3 is 0 Å². The highest BCUT2D eigenvalue weighted by Crippen LogP contribution is 2.13. The number of aromatic nitrogens is 2. The summed E-state index contributed by atoms with van der Waals surface area (Å²) in [7, 11) is 1.71. The Labute approximate surface area is 118 Å². The maximum atomic E-state index is 11.8. The van der Waals surface area contributed by atoms with Crippen molar-refractivity contribution >= 4 is 12.1 Å². The number of nitrogens with one attached hydrogen (secondary N) is 1. The number of rotatable bonds is 4. The summed E-state index contributed by atoms with van der Waals surface area (Å²) in [4.78, 5) is 11.8. The molecule has 0 spiro atoms. The molecule has 5 heteroatoms. The Morgan fingerprint density at radius 1 is 1.30 bits per heavy atom. The SMILES string of the molecule is CC(C)c1ccc(C=NNC(=O)c2ccnn2C)cc1. The highest BCUT2D eigenvalue weighted by molar-refractivity contribution is 5.93. The van der Waals surface area contributed by atoms with Crippen molar-refractivity contribution in [2.24, 2.45) is 12.1 Å². The summed E-state index contributed by atoms with van der Waals surface area (Å²) in [6, 6.07) is 9.73. The van der Waals surface area contributed by atoms with Gasteiger partial charge in [-0.2, -0.15) is 10.2 Å². The Hall–Kier alpha value is -2.43. The summed E-state index contributed by atoms with van der Waals surface area (Å²) in [6.07, 6.45) is 3.20. The molecule has 2 aromatic rings. The minimum absolute atomic E-state index is 0.278. The molecule has 0 fully saturated rings.